The summed E-state index contributed by atoms with van der Waals surface area (Å²) in [6, 6.07) is 3.94. The molecule has 1 unspecified atom stereocenters. The molecule has 18 heavy (non-hydrogen) atoms. The van der Waals surface area contributed by atoms with Crippen molar-refractivity contribution in [1.82, 2.24) is 0 Å². The van der Waals surface area contributed by atoms with E-state index in [2.05, 4.69) is 21.2 Å². The number of benzene rings is 1. The number of hydrogen-bond acceptors (Lipinski definition) is 2. The van der Waals surface area contributed by atoms with Crippen LogP contribution in [0.3, 0.4) is 0 Å². The summed E-state index contributed by atoms with van der Waals surface area (Å²) in [6.07, 6.45) is -3.07. The van der Waals surface area contributed by atoms with E-state index < -0.39 is 17.8 Å². The van der Waals surface area contributed by atoms with Crippen LogP contribution in [0.1, 0.15) is 18.4 Å². The summed E-state index contributed by atoms with van der Waals surface area (Å²) in [5.74, 6) is 0.238. The van der Waals surface area contributed by atoms with Crippen molar-refractivity contribution in [3.8, 4) is 0 Å². The van der Waals surface area contributed by atoms with E-state index in [0.717, 1.165) is 18.9 Å². The van der Waals surface area contributed by atoms with Crippen LogP contribution in [0.5, 0.6) is 0 Å². The molecule has 0 saturated heterocycles. The van der Waals surface area contributed by atoms with E-state index in [1.54, 1.807) is 6.07 Å². The first-order chi connectivity index (χ1) is 8.38. The molecule has 0 bridgehead atoms. The third-order valence-corrected chi connectivity index (χ3v) is 3.45. The monoisotopic (exact) mass is 323 g/mol. The van der Waals surface area contributed by atoms with Crippen molar-refractivity contribution in [1.29, 1.82) is 0 Å². The Bertz CT molecular complexity index is 432. The molecule has 1 atom stereocenters. The van der Waals surface area contributed by atoms with Crippen LogP contribution in [-0.4, -0.2) is 17.8 Å². The summed E-state index contributed by atoms with van der Waals surface area (Å²) >= 11 is 3.02. The van der Waals surface area contributed by atoms with Gasteiger partial charge in [0, 0.05) is 16.7 Å². The summed E-state index contributed by atoms with van der Waals surface area (Å²) in [7, 11) is 0. The molecular weight excluding hydrogens is 311 g/mol. The van der Waals surface area contributed by atoms with Crippen LogP contribution >= 0.6 is 15.9 Å². The summed E-state index contributed by atoms with van der Waals surface area (Å²) in [4.78, 5) is 0. The lowest BCUT2D eigenvalue weighted by molar-refractivity contribution is -0.137. The highest BCUT2D eigenvalue weighted by Gasteiger charge is 2.34. The maximum atomic E-state index is 12.8. The van der Waals surface area contributed by atoms with Gasteiger partial charge in [0.15, 0.2) is 0 Å². The number of alkyl halides is 3. The quantitative estimate of drug-likeness (QED) is 0.886. The summed E-state index contributed by atoms with van der Waals surface area (Å²) in [6.45, 7) is 0.148. The van der Waals surface area contributed by atoms with E-state index in [1.807, 2.05) is 0 Å². The number of aliphatic hydroxyl groups excluding tert-OH is 1. The maximum absolute atomic E-state index is 12.8. The molecular formula is C12H13BrF3NO. The van der Waals surface area contributed by atoms with Gasteiger partial charge in [-0.3, -0.25) is 0 Å². The summed E-state index contributed by atoms with van der Waals surface area (Å²) < 4.78 is 38.8. The van der Waals surface area contributed by atoms with Gasteiger partial charge in [-0.15, -0.1) is 0 Å². The van der Waals surface area contributed by atoms with E-state index in [0.29, 0.717) is 4.47 Å². The van der Waals surface area contributed by atoms with E-state index >= 15 is 0 Å². The molecule has 1 aromatic carbocycles. The molecule has 1 aromatic rings. The zero-order chi connectivity index (χ0) is 13.3. The van der Waals surface area contributed by atoms with Crippen LogP contribution in [-0.2, 0) is 6.18 Å². The van der Waals surface area contributed by atoms with E-state index in [9.17, 15) is 18.3 Å². The van der Waals surface area contributed by atoms with Crippen molar-refractivity contribution in [3.63, 3.8) is 0 Å². The van der Waals surface area contributed by atoms with Crippen molar-refractivity contribution < 1.29 is 18.3 Å². The van der Waals surface area contributed by atoms with Gasteiger partial charge in [-0.25, -0.2) is 0 Å². The fourth-order valence-corrected chi connectivity index (χ4v) is 2.13. The zero-order valence-corrected chi connectivity index (χ0v) is 11.1. The molecule has 0 amide bonds. The Labute approximate surface area is 111 Å². The third kappa shape index (κ3) is 3.38. The van der Waals surface area contributed by atoms with Crippen LogP contribution in [0.2, 0.25) is 0 Å². The predicted molar refractivity (Wildman–Crippen MR) is 66.4 cm³/mol. The second-order valence-corrected chi connectivity index (χ2v) is 5.39. The van der Waals surface area contributed by atoms with Crippen LogP contribution in [0.4, 0.5) is 18.9 Å². The molecule has 1 saturated carbocycles. The Hall–Kier alpha value is -0.750. The van der Waals surface area contributed by atoms with E-state index in [4.69, 9.17) is 0 Å². The fourth-order valence-electron chi connectivity index (χ4n) is 1.77. The van der Waals surface area contributed by atoms with Gasteiger partial charge < -0.3 is 10.4 Å². The Morgan fingerprint density at radius 2 is 2.06 bits per heavy atom. The van der Waals surface area contributed by atoms with Gasteiger partial charge in [-0.2, -0.15) is 13.2 Å². The minimum Gasteiger partial charge on any atom is -0.391 e. The molecule has 6 heteroatoms. The number of rotatable bonds is 4. The molecule has 1 fully saturated rings. The van der Waals surface area contributed by atoms with Crippen LogP contribution in [0.15, 0.2) is 22.7 Å². The minimum absolute atomic E-state index is 0.00500. The average molecular weight is 324 g/mol. The van der Waals surface area contributed by atoms with Crippen LogP contribution in [0, 0.1) is 5.92 Å². The fraction of sp³-hybridized carbons (Fsp3) is 0.500. The molecule has 2 N–H and O–H groups in total. The number of hydrogen-bond donors (Lipinski definition) is 2. The topological polar surface area (TPSA) is 32.3 Å². The van der Waals surface area contributed by atoms with Crippen molar-refractivity contribution in [2.45, 2.75) is 25.1 Å². The average Bonchev–Trinajstić information content (AvgIpc) is 3.09. The standard InChI is InChI=1S/C12H13BrF3NO/c13-8-3-4-10(9(5-8)12(14,15)16)17-6-11(18)7-1-2-7/h3-5,7,11,17-18H,1-2,6H2. The molecule has 100 valence electrons. The molecule has 0 spiro atoms. The van der Waals surface area contributed by atoms with Crippen molar-refractivity contribution in [2.24, 2.45) is 5.92 Å². The first-order valence-corrected chi connectivity index (χ1v) is 6.46. The molecule has 0 heterocycles. The third-order valence-electron chi connectivity index (χ3n) is 2.95. The van der Waals surface area contributed by atoms with Gasteiger partial charge in [0.1, 0.15) is 0 Å². The molecule has 2 nitrogen and oxygen atoms in total. The predicted octanol–water partition coefficient (Wildman–Crippen LogP) is 3.65. The van der Waals surface area contributed by atoms with Gasteiger partial charge in [0.05, 0.1) is 11.7 Å². The lowest BCUT2D eigenvalue weighted by atomic mass is 10.1. The van der Waals surface area contributed by atoms with Gasteiger partial charge in [0.2, 0.25) is 0 Å². The lowest BCUT2D eigenvalue weighted by Gasteiger charge is -2.17. The van der Waals surface area contributed by atoms with Gasteiger partial charge in [-0.1, -0.05) is 15.9 Å². The Morgan fingerprint density at radius 1 is 1.39 bits per heavy atom. The number of anilines is 1. The highest BCUT2D eigenvalue weighted by Crippen LogP contribution is 2.37. The number of nitrogens with one attached hydrogen (secondary N) is 1. The molecule has 0 aromatic heterocycles. The molecule has 2 rings (SSSR count). The SMILES string of the molecule is OC(CNc1ccc(Br)cc1C(F)(F)F)C1CC1. The Kier molecular flexibility index (Phi) is 3.87. The Balaban J connectivity index is 2.11. The second-order valence-electron chi connectivity index (χ2n) is 4.47. The first kappa shape index (κ1) is 13.7. The smallest absolute Gasteiger partial charge is 0.391 e. The number of halogens is 4. The van der Waals surface area contributed by atoms with E-state index in [-0.39, 0.29) is 18.2 Å². The first-order valence-electron chi connectivity index (χ1n) is 5.66. The molecule has 0 aliphatic heterocycles. The van der Waals surface area contributed by atoms with E-state index in [1.165, 1.54) is 6.07 Å². The largest absolute Gasteiger partial charge is 0.418 e. The Morgan fingerprint density at radius 3 is 2.61 bits per heavy atom. The highest BCUT2D eigenvalue weighted by molar-refractivity contribution is 9.10. The zero-order valence-electron chi connectivity index (χ0n) is 9.47. The molecule has 1 aliphatic rings. The number of aliphatic hydroxyl groups is 1. The lowest BCUT2D eigenvalue weighted by Crippen LogP contribution is -2.22. The van der Waals surface area contributed by atoms with Crippen molar-refractivity contribution >= 4 is 21.6 Å². The summed E-state index contributed by atoms with van der Waals surface area (Å²) in [5, 5.41) is 12.3. The normalized spacial score (nSPS) is 17.6. The van der Waals surface area contributed by atoms with Gasteiger partial charge in [-0.05, 0) is 37.0 Å². The molecule has 1 aliphatic carbocycles. The highest BCUT2D eigenvalue weighted by atomic mass is 79.9. The second kappa shape index (κ2) is 5.09. The molecule has 0 radical (unpaired) electrons. The maximum Gasteiger partial charge on any atom is 0.418 e. The van der Waals surface area contributed by atoms with Crippen LogP contribution < -0.4 is 5.32 Å². The van der Waals surface area contributed by atoms with Crippen molar-refractivity contribution in [3.05, 3.63) is 28.2 Å². The minimum atomic E-state index is -4.41. The summed E-state index contributed by atoms with van der Waals surface area (Å²) in [5.41, 5.74) is -0.717. The van der Waals surface area contributed by atoms with Crippen LogP contribution in [0.25, 0.3) is 0 Å². The van der Waals surface area contributed by atoms with Gasteiger partial charge >= 0.3 is 6.18 Å². The van der Waals surface area contributed by atoms with Crippen molar-refractivity contribution in [2.75, 3.05) is 11.9 Å². The van der Waals surface area contributed by atoms with Gasteiger partial charge in [0.25, 0.3) is 0 Å².